The predicted octanol–water partition coefficient (Wildman–Crippen LogP) is 5.09. The Morgan fingerprint density at radius 1 is 1.05 bits per heavy atom. The van der Waals surface area contributed by atoms with E-state index in [1.807, 2.05) is 18.2 Å². The van der Waals surface area contributed by atoms with Crippen LogP contribution in [-0.4, -0.2) is 6.61 Å². The van der Waals surface area contributed by atoms with Gasteiger partial charge in [0.15, 0.2) is 0 Å². The fourth-order valence-corrected chi connectivity index (χ4v) is 2.29. The lowest BCUT2D eigenvalue weighted by Crippen LogP contribution is -2.00. The molecular weight excluding hydrogens is 335 g/mol. The van der Waals surface area contributed by atoms with Gasteiger partial charge >= 0.3 is 0 Å². The monoisotopic (exact) mass is 352 g/mol. The molecule has 112 valence electrons. The fourth-order valence-electron chi connectivity index (χ4n) is 1.83. The first kappa shape index (κ1) is 15.8. The molecule has 0 aliphatic rings. The van der Waals surface area contributed by atoms with Crippen LogP contribution in [0, 0.1) is 5.82 Å². The van der Waals surface area contributed by atoms with Gasteiger partial charge in [0.25, 0.3) is 0 Å². The van der Waals surface area contributed by atoms with Crippen molar-refractivity contribution < 1.29 is 13.9 Å². The molecule has 0 aliphatic heterocycles. The number of benzene rings is 2. The van der Waals surface area contributed by atoms with Gasteiger partial charge < -0.3 is 9.47 Å². The molecule has 21 heavy (non-hydrogen) atoms. The van der Waals surface area contributed by atoms with Crippen LogP contribution in [0.25, 0.3) is 0 Å². The van der Waals surface area contributed by atoms with Crippen molar-refractivity contribution in [2.24, 2.45) is 0 Å². The minimum Gasteiger partial charge on any atom is -0.493 e. The summed E-state index contributed by atoms with van der Waals surface area (Å²) in [5.41, 5.74) is 1.98. The minimum atomic E-state index is -0.241. The van der Waals surface area contributed by atoms with Crippen molar-refractivity contribution in [3.05, 3.63) is 59.4 Å². The van der Waals surface area contributed by atoms with Crippen LogP contribution in [0.2, 0.25) is 0 Å². The summed E-state index contributed by atoms with van der Waals surface area (Å²) in [6.45, 7) is 3.15. The molecule has 0 unspecified atom stereocenters. The fraction of sp³-hybridized carbons (Fsp3) is 0.294. The van der Waals surface area contributed by atoms with Gasteiger partial charge in [0, 0.05) is 17.0 Å². The topological polar surface area (TPSA) is 18.5 Å². The highest BCUT2D eigenvalue weighted by Gasteiger charge is 2.06. The van der Waals surface area contributed by atoms with Gasteiger partial charge in [-0.1, -0.05) is 41.1 Å². The normalized spacial score (nSPS) is 10.4. The molecule has 0 heterocycles. The molecule has 0 aromatic heterocycles. The third kappa shape index (κ3) is 4.74. The lowest BCUT2D eigenvalue weighted by molar-refractivity contribution is 0.293. The van der Waals surface area contributed by atoms with Crippen molar-refractivity contribution in [1.29, 1.82) is 0 Å². The molecule has 0 saturated heterocycles. The lowest BCUT2D eigenvalue weighted by atomic mass is 10.2. The maximum Gasteiger partial charge on any atom is 0.127 e. The summed E-state index contributed by atoms with van der Waals surface area (Å²) in [7, 11) is 0. The van der Waals surface area contributed by atoms with Crippen LogP contribution in [0.1, 0.15) is 24.5 Å². The van der Waals surface area contributed by atoms with Crippen LogP contribution in [0.4, 0.5) is 4.39 Å². The molecule has 4 heteroatoms. The molecule has 0 N–H and O–H groups in total. The lowest BCUT2D eigenvalue weighted by Gasteiger charge is -2.13. The van der Waals surface area contributed by atoms with E-state index >= 15 is 0 Å². The highest BCUT2D eigenvalue weighted by molar-refractivity contribution is 9.08. The summed E-state index contributed by atoms with van der Waals surface area (Å²) in [5, 5.41) is 0.708. The second kappa shape index (κ2) is 8.03. The van der Waals surface area contributed by atoms with Crippen molar-refractivity contribution in [2.75, 3.05) is 6.61 Å². The molecule has 2 aromatic rings. The quantitative estimate of drug-likeness (QED) is 0.646. The summed E-state index contributed by atoms with van der Waals surface area (Å²) < 4.78 is 24.3. The van der Waals surface area contributed by atoms with Gasteiger partial charge in [-0.3, -0.25) is 0 Å². The number of hydrogen-bond donors (Lipinski definition) is 0. The highest BCUT2D eigenvalue weighted by atomic mass is 79.9. The van der Waals surface area contributed by atoms with Crippen LogP contribution < -0.4 is 9.47 Å². The van der Waals surface area contributed by atoms with E-state index in [9.17, 15) is 4.39 Å². The highest BCUT2D eigenvalue weighted by Crippen LogP contribution is 2.27. The van der Waals surface area contributed by atoms with E-state index in [0.29, 0.717) is 18.5 Å². The summed E-state index contributed by atoms with van der Waals surface area (Å²) in [5.74, 6) is 1.34. The van der Waals surface area contributed by atoms with Crippen LogP contribution in [-0.2, 0) is 11.9 Å². The summed E-state index contributed by atoms with van der Waals surface area (Å²) in [6, 6.07) is 12.1. The zero-order valence-electron chi connectivity index (χ0n) is 11.9. The number of rotatable bonds is 7. The average molecular weight is 353 g/mol. The molecule has 2 nitrogen and oxygen atoms in total. The first-order valence-electron chi connectivity index (χ1n) is 6.92. The van der Waals surface area contributed by atoms with Gasteiger partial charge in [0.1, 0.15) is 23.9 Å². The third-order valence-electron chi connectivity index (χ3n) is 2.96. The van der Waals surface area contributed by atoms with Gasteiger partial charge in [0.05, 0.1) is 6.61 Å². The Morgan fingerprint density at radius 2 is 1.81 bits per heavy atom. The Kier molecular flexibility index (Phi) is 6.05. The second-order valence-corrected chi connectivity index (χ2v) is 5.23. The number of ether oxygens (including phenoxy) is 2. The van der Waals surface area contributed by atoms with Crippen molar-refractivity contribution in [1.82, 2.24) is 0 Å². The standard InChI is InChI=1S/C17H18BrFO2/c1-2-9-20-16-8-5-14(11-18)17(10-16)21-12-13-3-6-15(19)7-4-13/h3-8,10H,2,9,11-12H2,1H3. The molecule has 0 aliphatic carbocycles. The van der Waals surface area contributed by atoms with E-state index in [1.54, 1.807) is 12.1 Å². The number of halogens is 2. The Balaban J connectivity index is 2.07. The molecule has 0 spiro atoms. The Morgan fingerprint density at radius 3 is 2.48 bits per heavy atom. The van der Waals surface area contributed by atoms with E-state index in [1.165, 1.54) is 12.1 Å². The van der Waals surface area contributed by atoms with E-state index in [-0.39, 0.29) is 5.82 Å². The molecule has 0 bridgehead atoms. The summed E-state index contributed by atoms with van der Waals surface area (Å²) >= 11 is 3.45. The van der Waals surface area contributed by atoms with E-state index in [2.05, 4.69) is 22.9 Å². The van der Waals surface area contributed by atoms with Crippen molar-refractivity contribution in [3.63, 3.8) is 0 Å². The molecule has 0 saturated carbocycles. The Labute approximate surface area is 133 Å². The number of hydrogen-bond acceptors (Lipinski definition) is 2. The van der Waals surface area contributed by atoms with Crippen LogP contribution in [0.5, 0.6) is 11.5 Å². The molecule has 0 radical (unpaired) electrons. The molecule has 2 aromatic carbocycles. The van der Waals surface area contributed by atoms with Crippen LogP contribution in [0.15, 0.2) is 42.5 Å². The smallest absolute Gasteiger partial charge is 0.127 e. The molecule has 0 atom stereocenters. The van der Waals surface area contributed by atoms with E-state index < -0.39 is 0 Å². The first-order valence-corrected chi connectivity index (χ1v) is 8.04. The van der Waals surface area contributed by atoms with Gasteiger partial charge in [-0.15, -0.1) is 0 Å². The average Bonchev–Trinajstić information content (AvgIpc) is 2.52. The molecular formula is C17H18BrFO2. The van der Waals surface area contributed by atoms with Crippen LogP contribution >= 0.6 is 15.9 Å². The molecule has 0 fully saturated rings. The zero-order chi connectivity index (χ0) is 15.1. The van der Waals surface area contributed by atoms with E-state index in [0.717, 1.165) is 29.0 Å². The van der Waals surface area contributed by atoms with Gasteiger partial charge in [-0.25, -0.2) is 4.39 Å². The second-order valence-electron chi connectivity index (χ2n) is 4.67. The third-order valence-corrected chi connectivity index (χ3v) is 3.57. The summed E-state index contributed by atoms with van der Waals surface area (Å²) in [4.78, 5) is 0. The number of alkyl halides is 1. The van der Waals surface area contributed by atoms with Crippen molar-refractivity contribution in [3.8, 4) is 11.5 Å². The minimum absolute atomic E-state index is 0.241. The SMILES string of the molecule is CCCOc1ccc(CBr)c(OCc2ccc(F)cc2)c1. The van der Waals surface area contributed by atoms with Crippen molar-refractivity contribution in [2.45, 2.75) is 25.3 Å². The van der Waals surface area contributed by atoms with Crippen LogP contribution in [0.3, 0.4) is 0 Å². The van der Waals surface area contributed by atoms with Gasteiger partial charge in [-0.05, 0) is 30.2 Å². The van der Waals surface area contributed by atoms with Crippen molar-refractivity contribution >= 4 is 15.9 Å². The summed E-state index contributed by atoms with van der Waals surface area (Å²) in [6.07, 6.45) is 0.964. The van der Waals surface area contributed by atoms with Gasteiger partial charge in [0.2, 0.25) is 0 Å². The molecule has 0 amide bonds. The van der Waals surface area contributed by atoms with E-state index in [4.69, 9.17) is 9.47 Å². The Bertz CT molecular complexity index is 570. The first-order chi connectivity index (χ1) is 10.2. The molecule has 2 rings (SSSR count). The zero-order valence-corrected chi connectivity index (χ0v) is 13.5. The Hall–Kier alpha value is -1.55. The maximum atomic E-state index is 12.9. The maximum absolute atomic E-state index is 12.9. The predicted molar refractivity (Wildman–Crippen MR) is 85.6 cm³/mol. The largest absolute Gasteiger partial charge is 0.493 e. The van der Waals surface area contributed by atoms with Gasteiger partial charge in [-0.2, -0.15) is 0 Å².